The number of piperazine rings is 1. The molecule has 172 valence electrons. The Labute approximate surface area is 188 Å². The van der Waals surface area contributed by atoms with Crippen molar-refractivity contribution in [3.63, 3.8) is 0 Å². The summed E-state index contributed by atoms with van der Waals surface area (Å²) < 4.78 is 7.01. The number of hydrogen-bond donors (Lipinski definition) is 2. The standard InChI is InChI=1S/C22H18N6O6/c29-13-5-6-14(30)17-16(13)20(31)18-19(21(17)32)27(28(33)24-18)11-25-7-9-26(10-8-25)22-23-12-3-1-2-4-15(12)34-22/h1-6,24,33H,7-11H2. The summed E-state index contributed by atoms with van der Waals surface area (Å²) in [4.78, 5) is 59.5. The van der Waals surface area contributed by atoms with Crippen molar-refractivity contribution in [2.24, 2.45) is 0 Å². The van der Waals surface area contributed by atoms with E-state index in [1.165, 1.54) is 4.68 Å². The number of fused-ring (bicyclic) bond motifs is 3. The molecule has 2 N–H and O–H groups in total. The van der Waals surface area contributed by atoms with E-state index < -0.39 is 32.5 Å². The number of anilines is 1. The number of H-pyrrole nitrogens is 1. The highest BCUT2D eigenvalue weighted by Gasteiger charge is 2.25. The number of aromatic nitrogens is 4. The van der Waals surface area contributed by atoms with E-state index in [4.69, 9.17) is 4.42 Å². The fourth-order valence-corrected chi connectivity index (χ4v) is 4.48. The van der Waals surface area contributed by atoms with Crippen LogP contribution in [0.1, 0.15) is 0 Å². The molecule has 0 saturated carbocycles. The lowest BCUT2D eigenvalue weighted by molar-refractivity contribution is 0.0479. The molecule has 2 aromatic heterocycles. The van der Waals surface area contributed by atoms with E-state index in [1.807, 2.05) is 34.1 Å². The van der Waals surface area contributed by atoms with E-state index in [1.54, 1.807) is 0 Å². The zero-order valence-corrected chi connectivity index (χ0v) is 17.7. The van der Waals surface area contributed by atoms with E-state index in [0.29, 0.717) is 42.7 Å². The predicted octanol–water partition coefficient (Wildman–Crippen LogP) is -0.0391. The average Bonchev–Trinajstić information content (AvgIpc) is 3.41. The number of rotatable bonds is 3. The van der Waals surface area contributed by atoms with Crippen molar-refractivity contribution in [1.29, 1.82) is 0 Å². The number of hydrogen-bond acceptors (Lipinski definition) is 9. The van der Waals surface area contributed by atoms with E-state index in [2.05, 4.69) is 10.1 Å². The molecular weight excluding hydrogens is 444 g/mol. The Bertz CT molecular complexity index is 1770. The van der Waals surface area contributed by atoms with Crippen LogP contribution >= 0.6 is 0 Å². The first kappa shape index (κ1) is 20.2. The Balaban J connectivity index is 1.33. The maximum atomic E-state index is 13.1. The van der Waals surface area contributed by atoms with Gasteiger partial charge in [0.05, 0.1) is 17.4 Å². The zero-order valence-electron chi connectivity index (χ0n) is 17.7. The monoisotopic (exact) mass is 462 g/mol. The highest BCUT2D eigenvalue weighted by atomic mass is 16.5. The zero-order chi connectivity index (χ0) is 23.6. The van der Waals surface area contributed by atoms with Crippen LogP contribution in [0.4, 0.5) is 6.01 Å². The molecule has 0 bridgehead atoms. The van der Waals surface area contributed by atoms with Gasteiger partial charge in [0.2, 0.25) is 10.9 Å². The Morgan fingerprint density at radius 1 is 0.912 bits per heavy atom. The summed E-state index contributed by atoms with van der Waals surface area (Å²) >= 11 is 0. The molecule has 0 radical (unpaired) electrons. The van der Waals surface area contributed by atoms with Crippen LogP contribution in [0.15, 0.2) is 60.0 Å². The van der Waals surface area contributed by atoms with Crippen molar-refractivity contribution in [2.45, 2.75) is 6.67 Å². The molecule has 34 heavy (non-hydrogen) atoms. The molecule has 3 aromatic carbocycles. The lowest BCUT2D eigenvalue weighted by atomic mass is 10.1. The van der Waals surface area contributed by atoms with Crippen LogP contribution in [0.25, 0.3) is 32.9 Å². The van der Waals surface area contributed by atoms with Crippen molar-refractivity contribution in [3.05, 3.63) is 77.3 Å². The highest BCUT2D eigenvalue weighted by molar-refractivity contribution is 5.94. The van der Waals surface area contributed by atoms with E-state index >= 15 is 0 Å². The van der Waals surface area contributed by atoms with Gasteiger partial charge in [0, 0.05) is 26.2 Å². The van der Waals surface area contributed by atoms with Gasteiger partial charge in [0.15, 0.2) is 16.4 Å². The molecule has 0 atom stereocenters. The third kappa shape index (κ3) is 2.92. The van der Waals surface area contributed by atoms with Crippen LogP contribution in [0.3, 0.4) is 0 Å². The summed E-state index contributed by atoms with van der Waals surface area (Å²) in [5, 5.41) is 11.9. The molecule has 0 spiro atoms. The molecule has 12 heteroatoms. The molecule has 0 amide bonds. The maximum absolute atomic E-state index is 13.1. The molecule has 6 rings (SSSR count). The summed E-state index contributed by atoms with van der Waals surface area (Å²) in [7, 11) is 0. The predicted molar refractivity (Wildman–Crippen MR) is 123 cm³/mol. The molecule has 1 fully saturated rings. The van der Waals surface area contributed by atoms with E-state index in [0.717, 1.165) is 17.6 Å². The molecule has 1 saturated heterocycles. The summed E-state index contributed by atoms with van der Waals surface area (Å²) in [5.41, 5.74) is -1.90. The smallest absolute Gasteiger partial charge is 0.298 e. The van der Waals surface area contributed by atoms with Gasteiger partial charge >= 0.3 is 0 Å². The number of nitrogens with zero attached hydrogens (tertiary/aromatic N) is 5. The Morgan fingerprint density at radius 3 is 2.29 bits per heavy atom. The van der Waals surface area contributed by atoms with Crippen LogP contribution in [0.2, 0.25) is 0 Å². The van der Waals surface area contributed by atoms with Crippen molar-refractivity contribution >= 4 is 38.9 Å². The van der Waals surface area contributed by atoms with Crippen LogP contribution in [0.5, 0.6) is 0 Å². The molecule has 3 heterocycles. The van der Waals surface area contributed by atoms with Crippen molar-refractivity contribution in [3.8, 4) is 0 Å². The van der Waals surface area contributed by atoms with Gasteiger partial charge in [-0.05, 0) is 24.3 Å². The van der Waals surface area contributed by atoms with Crippen molar-refractivity contribution < 1.29 is 9.62 Å². The molecule has 1 aliphatic heterocycles. The second kappa shape index (κ2) is 7.28. The highest BCUT2D eigenvalue weighted by Crippen LogP contribution is 2.22. The second-order valence-corrected chi connectivity index (χ2v) is 8.21. The number of para-hydroxylation sites is 2. The first-order valence-electron chi connectivity index (χ1n) is 10.6. The lowest BCUT2D eigenvalue weighted by Crippen LogP contribution is -2.47. The minimum absolute atomic E-state index is 0.0728. The molecular formula is C22H18N6O6. The van der Waals surface area contributed by atoms with Gasteiger partial charge in [-0.25, -0.2) is 9.78 Å². The molecule has 5 aromatic rings. The maximum Gasteiger partial charge on any atom is 0.298 e. The van der Waals surface area contributed by atoms with Crippen LogP contribution in [0, 0.1) is 0 Å². The minimum Gasteiger partial charge on any atom is -0.423 e. The van der Waals surface area contributed by atoms with Gasteiger partial charge in [-0.2, -0.15) is 4.98 Å². The quantitative estimate of drug-likeness (QED) is 0.353. The number of nitrogens with one attached hydrogen (secondary N) is 1. The van der Waals surface area contributed by atoms with Crippen molar-refractivity contribution in [1.82, 2.24) is 24.6 Å². The van der Waals surface area contributed by atoms with E-state index in [-0.39, 0.29) is 17.7 Å². The molecule has 0 aliphatic carbocycles. The van der Waals surface area contributed by atoms with Gasteiger partial charge in [0.25, 0.3) is 6.01 Å². The average molecular weight is 462 g/mol. The van der Waals surface area contributed by atoms with Crippen LogP contribution < -0.4 is 26.6 Å². The summed E-state index contributed by atoms with van der Waals surface area (Å²) in [6.45, 7) is 2.37. The topological polar surface area (TPSA) is 147 Å². The van der Waals surface area contributed by atoms with Gasteiger partial charge < -0.3 is 14.5 Å². The van der Waals surface area contributed by atoms with Crippen LogP contribution in [-0.4, -0.2) is 56.0 Å². The third-order valence-corrected chi connectivity index (χ3v) is 6.22. The molecule has 12 nitrogen and oxygen atoms in total. The fraction of sp³-hybridized carbons (Fsp3) is 0.227. The fourth-order valence-electron chi connectivity index (χ4n) is 4.48. The van der Waals surface area contributed by atoms with Crippen molar-refractivity contribution in [2.75, 3.05) is 31.1 Å². The number of benzene rings is 3. The Kier molecular flexibility index (Phi) is 4.32. The van der Waals surface area contributed by atoms with Crippen LogP contribution in [-0.2, 0) is 6.67 Å². The van der Waals surface area contributed by atoms with Gasteiger partial charge in [-0.1, -0.05) is 17.1 Å². The van der Waals surface area contributed by atoms with Gasteiger partial charge in [-0.3, -0.25) is 24.1 Å². The normalized spacial score (nSPS) is 15.1. The summed E-state index contributed by atoms with van der Waals surface area (Å²) in [6.07, 6.45) is 0. The minimum atomic E-state index is -0.797. The largest absolute Gasteiger partial charge is 0.423 e. The summed E-state index contributed by atoms with van der Waals surface area (Å²) in [6, 6.07) is 9.98. The second-order valence-electron chi connectivity index (χ2n) is 8.21. The van der Waals surface area contributed by atoms with Gasteiger partial charge in [-0.15, -0.1) is 0 Å². The number of aromatic amines is 1. The molecule has 1 aliphatic rings. The Morgan fingerprint density at radius 2 is 1.59 bits per heavy atom. The lowest BCUT2D eigenvalue weighted by Gasteiger charge is -2.33. The first-order valence-corrected chi connectivity index (χ1v) is 10.6. The number of oxazole rings is 1. The first-order chi connectivity index (χ1) is 16.4. The molecule has 0 unspecified atom stereocenters. The summed E-state index contributed by atoms with van der Waals surface area (Å²) in [5.74, 6) is 0. The Hall–Kier alpha value is -4.45. The SMILES string of the molecule is O=c1ccc(=O)c2c(=O)c3c([nH]n(O)n3CN3CCN(c4nc5ccccc5o4)CC3)c(=O)c12. The third-order valence-electron chi connectivity index (χ3n) is 6.22. The van der Waals surface area contributed by atoms with Gasteiger partial charge in [0.1, 0.15) is 16.6 Å². The van der Waals surface area contributed by atoms with E-state index in [9.17, 15) is 24.4 Å².